The van der Waals surface area contributed by atoms with E-state index in [-0.39, 0.29) is 22.6 Å². The van der Waals surface area contributed by atoms with Crippen molar-refractivity contribution in [2.45, 2.75) is 278 Å². The fourth-order valence-corrected chi connectivity index (χ4v) is 9.88. The molecule has 2 unspecified atom stereocenters. The molecule has 0 aliphatic heterocycles. The summed E-state index contributed by atoms with van der Waals surface area (Å²) in [6.07, 6.45) is 60.1. The Morgan fingerprint density at radius 2 is 1.00 bits per heavy atom. The summed E-state index contributed by atoms with van der Waals surface area (Å²) in [6, 6.07) is 7.52. The molecule has 0 aromatic heterocycles. The average molecular weight is 944 g/mol. The third-order valence-electron chi connectivity index (χ3n) is 14.9. The molecule has 0 saturated heterocycles. The lowest BCUT2D eigenvalue weighted by Crippen LogP contribution is -2.27. The van der Waals surface area contributed by atoms with Crippen molar-refractivity contribution in [3.05, 3.63) is 83.0 Å². The van der Waals surface area contributed by atoms with Crippen LogP contribution >= 0.6 is 0 Å². The standard InChI is InChI=1S/C49H82N2.C16H20O2/c1-6-11-12-13-14-15-16-17-18-19-20-21-22-23-24-25-26-27-28-29-30-31-32-33-34-35-47(51-49(10-5)42-38-46(8-3)39-43-49)44-50-48(9-4)40-36-45(7-2)37-41-48;1-3-4-5-6-12-9-13-7-11(2)8-14(17)16(13)15(18)10-12/h36-40,42,44H,6-33,41,43H2,1-5H3;7-10,17-18H,3-6H2,1-2H3. The molecule has 2 atom stereocenters. The van der Waals surface area contributed by atoms with E-state index in [0.717, 1.165) is 80.0 Å². The molecule has 0 saturated carbocycles. The lowest BCUT2D eigenvalue weighted by Gasteiger charge is -2.28. The molecule has 4 heteroatoms. The number of benzene rings is 2. The minimum absolute atomic E-state index is 0.155. The molecule has 0 fully saturated rings. The zero-order valence-corrected chi connectivity index (χ0v) is 45.7. The van der Waals surface area contributed by atoms with Gasteiger partial charge in [0.05, 0.1) is 22.7 Å². The maximum Gasteiger partial charge on any atom is 0.127 e. The molecule has 0 bridgehead atoms. The van der Waals surface area contributed by atoms with Crippen molar-refractivity contribution in [1.29, 1.82) is 0 Å². The molecule has 4 nitrogen and oxygen atoms in total. The minimum atomic E-state index is -0.210. The molecule has 384 valence electrons. The first kappa shape index (κ1) is 59.5. The number of fused-ring (bicyclic) bond motifs is 1. The smallest absolute Gasteiger partial charge is 0.127 e. The first-order chi connectivity index (χ1) is 33.7. The van der Waals surface area contributed by atoms with Gasteiger partial charge in [-0.3, -0.25) is 9.98 Å². The Morgan fingerprint density at radius 3 is 1.45 bits per heavy atom. The van der Waals surface area contributed by atoms with Crippen LogP contribution in [0.5, 0.6) is 11.5 Å². The molecule has 2 aromatic rings. The van der Waals surface area contributed by atoms with Gasteiger partial charge in [0.1, 0.15) is 17.2 Å². The third-order valence-corrected chi connectivity index (χ3v) is 14.9. The highest BCUT2D eigenvalue weighted by atomic mass is 16.3. The lowest BCUT2D eigenvalue weighted by atomic mass is 9.86. The first-order valence-corrected chi connectivity index (χ1v) is 29.0. The number of hydrogen-bond donors (Lipinski definition) is 2. The summed E-state index contributed by atoms with van der Waals surface area (Å²) < 4.78 is 0. The zero-order valence-electron chi connectivity index (χ0n) is 45.7. The molecular weight excluding hydrogens is 841 g/mol. The molecule has 0 spiro atoms. The van der Waals surface area contributed by atoms with Crippen LogP contribution in [0.4, 0.5) is 0 Å². The molecule has 0 amide bonds. The average Bonchev–Trinajstić information content (AvgIpc) is 3.35. The number of aromatic hydroxyl groups is 2. The van der Waals surface area contributed by atoms with E-state index in [1.165, 1.54) is 172 Å². The summed E-state index contributed by atoms with van der Waals surface area (Å²) in [7, 11) is 0. The Bertz CT molecular complexity index is 1970. The van der Waals surface area contributed by atoms with Crippen LogP contribution in [0, 0.1) is 18.8 Å². The van der Waals surface area contributed by atoms with Gasteiger partial charge in [0.25, 0.3) is 0 Å². The van der Waals surface area contributed by atoms with Crippen molar-refractivity contribution in [2.24, 2.45) is 9.98 Å². The number of phenolic OH excluding ortho intramolecular Hbond substituents is 2. The van der Waals surface area contributed by atoms with Crippen LogP contribution in [0.3, 0.4) is 0 Å². The predicted molar refractivity (Wildman–Crippen MR) is 306 cm³/mol. The van der Waals surface area contributed by atoms with Crippen LogP contribution in [0.1, 0.15) is 265 Å². The lowest BCUT2D eigenvalue weighted by molar-refractivity contribution is 0.463. The van der Waals surface area contributed by atoms with Crippen LogP contribution in [-0.4, -0.2) is 33.2 Å². The third kappa shape index (κ3) is 24.2. The van der Waals surface area contributed by atoms with Gasteiger partial charge in [-0.1, -0.05) is 261 Å². The normalized spacial score (nSPS) is 18.0. The van der Waals surface area contributed by atoms with Crippen molar-refractivity contribution < 1.29 is 10.2 Å². The van der Waals surface area contributed by atoms with E-state index in [1.54, 1.807) is 12.1 Å². The number of unbranched alkanes of at least 4 members (excludes halogenated alkanes) is 25. The van der Waals surface area contributed by atoms with E-state index < -0.39 is 0 Å². The van der Waals surface area contributed by atoms with Gasteiger partial charge in [-0.25, -0.2) is 0 Å². The van der Waals surface area contributed by atoms with Gasteiger partial charge in [0.15, 0.2) is 0 Å². The van der Waals surface area contributed by atoms with Crippen LogP contribution < -0.4 is 0 Å². The highest BCUT2D eigenvalue weighted by Crippen LogP contribution is 2.36. The minimum Gasteiger partial charge on any atom is -0.507 e. The quantitative estimate of drug-likeness (QED) is 0.0417. The second-order valence-corrected chi connectivity index (χ2v) is 20.8. The summed E-state index contributed by atoms with van der Waals surface area (Å²) in [5.74, 6) is 7.30. The maximum absolute atomic E-state index is 10.0. The Labute approximate surface area is 425 Å². The molecule has 2 aromatic carbocycles. The number of aliphatic imine (C=N–C) groups is 2. The van der Waals surface area contributed by atoms with Crippen molar-refractivity contribution in [2.75, 3.05) is 0 Å². The summed E-state index contributed by atoms with van der Waals surface area (Å²) in [5, 5.41) is 21.4. The summed E-state index contributed by atoms with van der Waals surface area (Å²) in [6.45, 7) is 15.4. The molecule has 2 aliphatic rings. The zero-order chi connectivity index (χ0) is 49.8. The molecular formula is C65H102N2O2. The van der Waals surface area contributed by atoms with E-state index in [2.05, 4.69) is 95.9 Å². The van der Waals surface area contributed by atoms with Gasteiger partial charge in [-0.2, -0.15) is 0 Å². The SMILES string of the molecule is CCCCCCCCCCCCCCCCCCCCCCCCCC#CC(C=NC1(CC)C=CC(CC)=CC1)=NC1(CC)C=CC(CC)=CC1.CCCCCc1cc(O)c2c(O)cc(C)cc2c1. The van der Waals surface area contributed by atoms with Crippen LogP contribution in [0.15, 0.2) is 81.9 Å². The van der Waals surface area contributed by atoms with E-state index in [4.69, 9.17) is 9.98 Å². The number of rotatable bonds is 34. The second kappa shape index (κ2) is 36.1. The van der Waals surface area contributed by atoms with Gasteiger partial charge in [0, 0.05) is 6.42 Å². The number of nitrogens with zero attached hydrogens (tertiary/aromatic N) is 2. The molecule has 0 heterocycles. The van der Waals surface area contributed by atoms with E-state index in [1.807, 2.05) is 19.2 Å². The molecule has 2 aliphatic carbocycles. The van der Waals surface area contributed by atoms with Crippen molar-refractivity contribution in [1.82, 2.24) is 0 Å². The van der Waals surface area contributed by atoms with Crippen molar-refractivity contribution >= 4 is 22.7 Å². The Hall–Kier alpha value is -3.84. The van der Waals surface area contributed by atoms with Crippen LogP contribution in [-0.2, 0) is 6.42 Å². The highest BCUT2D eigenvalue weighted by Gasteiger charge is 2.27. The van der Waals surface area contributed by atoms with Crippen LogP contribution in [0.25, 0.3) is 10.8 Å². The molecule has 4 rings (SSSR count). The summed E-state index contributed by atoms with van der Waals surface area (Å²) in [5.41, 5.74) is 5.42. The van der Waals surface area contributed by atoms with Gasteiger partial charge in [-0.05, 0) is 99.3 Å². The number of phenols is 2. The molecule has 69 heavy (non-hydrogen) atoms. The summed E-state index contributed by atoms with van der Waals surface area (Å²) in [4.78, 5) is 10.4. The van der Waals surface area contributed by atoms with Crippen molar-refractivity contribution in [3.63, 3.8) is 0 Å². The van der Waals surface area contributed by atoms with Gasteiger partial charge < -0.3 is 10.2 Å². The molecule has 2 N–H and O–H groups in total. The largest absolute Gasteiger partial charge is 0.507 e. The monoisotopic (exact) mass is 943 g/mol. The summed E-state index contributed by atoms with van der Waals surface area (Å²) >= 11 is 0. The van der Waals surface area contributed by atoms with E-state index >= 15 is 0 Å². The van der Waals surface area contributed by atoms with E-state index in [0.29, 0.717) is 5.39 Å². The number of hydrogen-bond acceptors (Lipinski definition) is 4. The Morgan fingerprint density at radius 1 is 0.551 bits per heavy atom. The maximum atomic E-state index is 10.0. The fourth-order valence-electron chi connectivity index (χ4n) is 9.88. The number of aryl methyl sites for hydroxylation is 2. The van der Waals surface area contributed by atoms with Gasteiger partial charge in [-0.15, -0.1) is 0 Å². The fraction of sp³-hybridized carbons (Fsp3) is 0.662. The van der Waals surface area contributed by atoms with E-state index in [9.17, 15) is 10.2 Å². The Balaban J connectivity index is 0.000000579. The van der Waals surface area contributed by atoms with Gasteiger partial charge >= 0.3 is 0 Å². The first-order valence-electron chi connectivity index (χ1n) is 29.0. The van der Waals surface area contributed by atoms with Crippen LogP contribution in [0.2, 0.25) is 0 Å². The number of allylic oxidation sites excluding steroid dienone is 4. The van der Waals surface area contributed by atoms with Gasteiger partial charge in [0.2, 0.25) is 0 Å². The topological polar surface area (TPSA) is 65.2 Å². The van der Waals surface area contributed by atoms with Crippen molar-refractivity contribution in [3.8, 4) is 23.3 Å². The highest BCUT2D eigenvalue weighted by molar-refractivity contribution is 6.38. The Kier molecular flexibility index (Phi) is 31.1. The predicted octanol–water partition coefficient (Wildman–Crippen LogP) is 20.1. The second-order valence-electron chi connectivity index (χ2n) is 20.8. The molecule has 0 radical (unpaired) electrons.